The van der Waals surface area contributed by atoms with Crippen LogP contribution in [0.3, 0.4) is 0 Å². The van der Waals surface area contributed by atoms with Crippen molar-refractivity contribution in [3.05, 3.63) is 46.5 Å². The Labute approximate surface area is 119 Å². The van der Waals surface area contributed by atoms with Crippen LogP contribution >= 0.6 is 0 Å². The van der Waals surface area contributed by atoms with Crippen molar-refractivity contribution in [3.8, 4) is 0 Å². The van der Waals surface area contributed by atoms with Crippen molar-refractivity contribution >= 4 is 21.4 Å². The van der Waals surface area contributed by atoms with Crippen LogP contribution in [0.25, 0.3) is 0 Å². The maximum atomic E-state index is 12.2. The van der Waals surface area contributed by atoms with Crippen molar-refractivity contribution in [2.45, 2.75) is 11.4 Å². The first kappa shape index (κ1) is 14.9. The molecule has 5 N–H and O–H groups in total. The van der Waals surface area contributed by atoms with Crippen LogP contribution in [0.2, 0.25) is 0 Å². The van der Waals surface area contributed by atoms with Crippen LogP contribution < -0.4 is 16.0 Å². The van der Waals surface area contributed by atoms with Gasteiger partial charge in [-0.25, -0.2) is 18.1 Å². The number of hydrazine groups is 1. The molecule has 0 bridgehead atoms. The molecular formula is C10H12N6O4S. The van der Waals surface area contributed by atoms with Gasteiger partial charge in [0.2, 0.25) is 10.0 Å². The quantitative estimate of drug-likeness (QED) is 0.334. The molecule has 1 aromatic heterocycles. The van der Waals surface area contributed by atoms with E-state index in [1.807, 2.05) is 0 Å². The van der Waals surface area contributed by atoms with Crippen molar-refractivity contribution in [2.75, 3.05) is 5.43 Å². The highest BCUT2D eigenvalue weighted by molar-refractivity contribution is 7.89. The number of H-pyrrole nitrogens is 1. The number of hydrogen-bond acceptors (Lipinski definition) is 7. The molecule has 0 atom stereocenters. The Hall–Kier alpha value is -2.50. The zero-order valence-corrected chi connectivity index (χ0v) is 11.4. The molecule has 0 aliphatic carbocycles. The molecule has 0 saturated carbocycles. The molecule has 112 valence electrons. The number of nitrogens with two attached hydrogens (primary N) is 1. The lowest BCUT2D eigenvalue weighted by Gasteiger charge is -2.08. The fraction of sp³-hybridized carbons (Fsp3) is 0.100. The molecule has 11 heteroatoms. The smallest absolute Gasteiger partial charge is 0.313 e. The topological polar surface area (TPSA) is 156 Å². The highest BCUT2D eigenvalue weighted by Crippen LogP contribution is 2.31. The van der Waals surface area contributed by atoms with E-state index < -0.39 is 25.5 Å². The summed E-state index contributed by atoms with van der Waals surface area (Å²) < 4.78 is 26.6. The van der Waals surface area contributed by atoms with Gasteiger partial charge < -0.3 is 10.4 Å². The first-order valence-corrected chi connectivity index (χ1v) is 7.16. The van der Waals surface area contributed by atoms with E-state index in [1.165, 1.54) is 24.5 Å². The number of aromatic nitrogens is 2. The van der Waals surface area contributed by atoms with Crippen molar-refractivity contribution in [2.24, 2.45) is 5.84 Å². The molecule has 2 rings (SSSR count). The third-order valence-corrected chi connectivity index (χ3v) is 4.04. The molecule has 21 heavy (non-hydrogen) atoms. The summed E-state index contributed by atoms with van der Waals surface area (Å²) in [6.07, 6.45) is 3.00. The number of sulfonamides is 1. The molecule has 0 aliphatic rings. The minimum atomic E-state index is -4.09. The number of nitrogen functional groups attached to an aromatic ring is 1. The van der Waals surface area contributed by atoms with Gasteiger partial charge >= 0.3 is 5.69 Å². The van der Waals surface area contributed by atoms with Crippen molar-refractivity contribution in [3.63, 3.8) is 0 Å². The Kier molecular flexibility index (Phi) is 4.16. The van der Waals surface area contributed by atoms with Gasteiger partial charge in [-0.15, -0.1) is 0 Å². The standard InChI is InChI=1S/C10H12N6O4S/c11-15-7-2-1-3-8(10(7)16(17)18)21(19,20)14-6-9-12-4-5-13-9/h1-5,14-15H,6,11H2,(H,12,13). The lowest BCUT2D eigenvalue weighted by atomic mass is 10.3. The van der Waals surface area contributed by atoms with Crippen LogP contribution in [0.15, 0.2) is 35.5 Å². The van der Waals surface area contributed by atoms with E-state index in [0.29, 0.717) is 5.82 Å². The molecule has 0 amide bonds. The zero-order valence-electron chi connectivity index (χ0n) is 10.6. The van der Waals surface area contributed by atoms with Gasteiger partial charge in [0.05, 0.1) is 11.5 Å². The second kappa shape index (κ2) is 5.87. The Balaban J connectivity index is 2.37. The van der Waals surface area contributed by atoms with Crippen LogP contribution in [-0.2, 0) is 16.6 Å². The zero-order chi connectivity index (χ0) is 15.5. The Morgan fingerprint density at radius 3 is 2.76 bits per heavy atom. The average Bonchev–Trinajstić information content (AvgIpc) is 2.97. The van der Waals surface area contributed by atoms with Crippen LogP contribution in [0.4, 0.5) is 11.4 Å². The summed E-state index contributed by atoms with van der Waals surface area (Å²) in [6.45, 7) is -0.118. The summed E-state index contributed by atoms with van der Waals surface area (Å²) in [5, 5.41) is 11.1. The molecule has 0 unspecified atom stereocenters. The van der Waals surface area contributed by atoms with E-state index in [9.17, 15) is 18.5 Å². The summed E-state index contributed by atoms with van der Waals surface area (Å²) in [4.78, 5) is 16.4. The number of rotatable bonds is 6. The maximum absolute atomic E-state index is 12.2. The van der Waals surface area contributed by atoms with Crippen LogP contribution in [0.1, 0.15) is 5.82 Å². The first-order chi connectivity index (χ1) is 9.95. The highest BCUT2D eigenvalue weighted by atomic mass is 32.2. The lowest BCUT2D eigenvalue weighted by Crippen LogP contribution is -2.25. The monoisotopic (exact) mass is 312 g/mol. The number of aromatic amines is 1. The highest BCUT2D eigenvalue weighted by Gasteiger charge is 2.28. The third kappa shape index (κ3) is 3.16. The molecule has 0 radical (unpaired) electrons. The van der Waals surface area contributed by atoms with E-state index in [1.54, 1.807) is 0 Å². The van der Waals surface area contributed by atoms with Crippen molar-refractivity contribution in [1.29, 1.82) is 0 Å². The molecule has 0 spiro atoms. The second-order valence-electron chi connectivity index (χ2n) is 3.91. The third-order valence-electron chi connectivity index (χ3n) is 2.61. The fourth-order valence-corrected chi connectivity index (χ4v) is 2.86. The van der Waals surface area contributed by atoms with E-state index in [0.717, 1.165) is 6.07 Å². The largest absolute Gasteiger partial charge is 0.347 e. The molecule has 0 saturated heterocycles. The number of nitrogens with zero attached hydrogens (tertiary/aromatic N) is 2. The number of nitro groups is 1. The lowest BCUT2D eigenvalue weighted by molar-refractivity contribution is -0.386. The predicted molar refractivity (Wildman–Crippen MR) is 73.5 cm³/mol. The van der Waals surface area contributed by atoms with Gasteiger partial charge in [-0.1, -0.05) is 6.07 Å². The van der Waals surface area contributed by atoms with Gasteiger partial charge in [0.1, 0.15) is 11.5 Å². The average molecular weight is 312 g/mol. The minimum Gasteiger partial charge on any atom is -0.347 e. The number of benzene rings is 1. The number of nitro benzene ring substituents is 1. The Bertz CT molecular complexity index is 743. The molecule has 0 aliphatic heterocycles. The van der Waals surface area contributed by atoms with Gasteiger partial charge in [-0.2, -0.15) is 0 Å². The summed E-state index contributed by atoms with van der Waals surface area (Å²) >= 11 is 0. The molecule has 1 heterocycles. The SMILES string of the molecule is NNc1cccc(S(=O)(=O)NCc2ncc[nH]2)c1[N+](=O)[O-]. The van der Waals surface area contributed by atoms with Crippen LogP contribution in [0.5, 0.6) is 0 Å². The van der Waals surface area contributed by atoms with Crippen molar-refractivity contribution < 1.29 is 13.3 Å². The number of imidazole rings is 1. The molecule has 2 aromatic rings. The van der Waals surface area contributed by atoms with Gasteiger partial charge in [-0.3, -0.25) is 16.0 Å². The Morgan fingerprint density at radius 2 is 2.19 bits per heavy atom. The van der Waals surface area contributed by atoms with Gasteiger partial charge in [0.15, 0.2) is 4.90 Å². The van der Waals surface area contributed by atoms with E-state index in [4.69, 9.17) is 5.84 Å². The summed E-state index contributed by atoms with van der Waals surface area (Å²) in [6, 6.07) is 3.79. The van der Waals surface area contributed by atoms with Gasteiger partial charge in [0.25, 0.3) is 0 Å². The van der Waals surface area contributed by atoms with E-state index in [-0.39, 0.29) is 12.2 Å². The normalized spacial score (nSPS) is 11.3. The van der Waals surface area contributed by atoms with Crippen LogP contribution in [-0.4, -0.2) is 23.3 Å². The number of anilines is 1. The number of nitrogens with one attached hydrogen (secondary N) is 3. The van der Waals surface area contributed by atoms with Gasteiger partial charge in [-0.05, 0) is 12.1 Å². The van der Waals surface area contributed by atoms with Crippen molar-refractivity contribution in [1.82, 2.24) is 14.7 Å². The first-order valence-electron chi connectivity index (χ1n) is 5.67. The fourth-order valence-electron chi connectivity index (χ4n) is 1.68. The minimum absolute atomic E-state index is 0.0964. The predicted octanol–water partition coefficient (Wildman–Crippen LogP) is 0.0820. The summed E-state index contributed by atoms with van der Waals surface area (Å²) in [7, 11) is -4.09. The molecule has 0 fully saturated rings. The molecule has 10 nitrogen and oxygen atoms in total. The number of hydrogen-bond donors (Lipinski definition) is 4. The van der Waals surface area contributed by atoms with E-state index >= 15 is 0 Å². The van der Waals surface area contributed by atoms with E-state index in [2.05, 4.69) is 20.1 Å². The van der Waals surface area contributed by atoms with Gasteiger partial charge in [0, 0.05) is 12.4 Å². The molecule has 1 aromatic carbocycles. The Morgan fingerprint density at radius 1 is 1.43 bits per heavy atom. The maximum Gasteiger partial charge on any atom is 0.313 e. The van der Waals surface area contributed by atoms with Crippen LogP contribution in [0, 0.1) is 10.1 Å². The summed E-state index contributed by atoms with van der Waals surface area (Å²) in [5.41, 5.74) is 1.39. The molecular weight excluding hydrogens is 300 g/mol. The second-order valence-corrected chi connectivity index (χ2v) is 5.65. The number of para-hydroxylation sites is 1. The summed E-state index contributed by atoms with van der Waals surface area (Å²) in [5.74, 6) is 5.55.